The summed E-state index contributed by atoms with van der Waals surface area (Å²) in [6.45, 7) is 5.08. The molecule has 220 valence electrons. The maximum absolute atomic E-state index is 13.0. The topological polar surface area (TPSA) is 133 Å². The lowest BCUT2D eigenvalue weighted by Crippen LogP contribution is -2.22. The Labute approximate surface area is 253 Å². The van der Waals surface area contributed by atoms with Crippen LogP contribution in [0.1, 0.15) is 32.2 Å². The van der Waals surface area contributed by atoms with E-state index in [1.165, 1.54) is 11.3 Å². The number of nitrogens with zero attached hydrogens (tertiary/aromatic N) is 4. The SMILES string of the molecule is COc1nc(-c2ccnc(-c3cccc(NC(=O)c4ncc(CNCCO)s4)c3C)c2Cl)ccc1CN1CC[C@H](O)C1. The minimum Gasteiger partial charge on any atom is -0.481 e. The van der Waals surface area contributed by atoms with Crippen LogP contribution >= 0.6 is 22.9 Å². The van der Waals surface area contributed by atoms with Gasteiger partial charge in [0.15, 0.2) is 5.01 Å². The molecule has 4 heterocycles. The summed E-state index contributed by atoms with van der Waals surface area (Å²) >= 11 is 8.25. The molecule has 0 bridgehead atoms. The number of aliphatic hydroxyl groups is 2. The van der Waals surface area contributed by atoms with Gasteiger partial charge in [-0.15, -0.1) is 11.3 Å². The van der Waals surface area contributed by atoms with Crippen molar-refractivity contribution in [3.8, 4) is 28.4 Å². The van der Waals surface area contributed by atoms with Gasteiger partial charge in [-0.05, 0) is 37.1 Å². The second-order valence-corrected chi connectivity index (χ2v) is 11.5. The summed E-state index contributed by atoms with van der Waals surface area (Å²) in [6, 6.07) is 11.3. The number of hydrogen-bond donors (Lipinski definition) is 4. The Morgan fingerprint density at radius 3 is 2.83 bits per heavy atom. The van der Waals surface area contributed by atoms with Crippen LogP contribution in [0.5, 0.6) is 5.88 Å². The number of halogens is 1. The van der Waals surface area contributed by atoms with E-state index in [-0.39, 0.29) is 18.6 Å². The number of nitrogens with one attached hydrogen (secondary N) is 2. The van der Waals surface area contributed by atoms with E-state index >= 15 is 0 Å². The summed E-state index contributed by atoms with van der Waals surface area (Å²) in [4.78, 5) is 29.6. The van der Waals surface area contributed by atoms with Gasteiger partial charge in [0.05, 0.1) is 36.2 Å². The molecule has 1 aromatic carbocycles. The molecule has 1 aliphatic heterocycles. The van der Waals surface area contributed by atoms with Crippen molar-refractivity contribution >= 4 is 34.5 Å². The van der Waals surface area contributed by atoms with Crippen LogP contribution < -0.4 is 15.4 Å². The second kappa shape index (κ2) is 13.7. The number of methoxy groups -OCH3 is 1. The third-order valence-corrected chi connectivity index (χ3v) is 8.49. The van der Waals surface area contributed by atoms with Crippen molar-refractivity contribution in [2.45, 2.75) is 32.5 Å². The molecule has 4 aromatic rings. The molecule has 12 heteroatoms. The molecule has 1 aliphatic rings. The fraction of sp³-hybridized carbons (Fsp3) is 0.333. The number of hydrogen-bond acceptors (Lipinski definition) is 10. The van der Waals surface area contributed by atoms with Gasteiger partial charge >= 0.3 is 0 Å². The van der Waals surface area contributed by atoms with Crippen molar-refractivity contribution < 1.29 is 19.7 Å². The van der Waals surface area contributed by atoms with E-state index in [4.69, 9.17) is 26.4 Å². The van der Waals surface area contributed by atoms with Gasteiger partial charge in [0.1, 0.15) is 0 Å². The lowest BCUT2D eigenvalue weighted by atomic mass is 10.0. The summed E-state index contributed by atoms with van der Waals surface area (Å²) in [7, 11) is 1.60. The van der Waals surface area contributed by atoms with Crippen molar-refractivity contribution in [1.29, 1.82) is 0 Å². The van der Waals surface area contributed by atoms with Crippen molar-refractivity contribution in [3.05, 3.63) is 74.8 Å². The Bertz CT molecular complexity index is 1560. The van der Waals surface area contributed by atoms with Gasteiger partial charge in [-0.2, -0.15) is 0 Å². The first-order chi connectivity index (χ1) is 20.4. The minimum absolute atomic E-state index is 0.0474. The maximum Gasteiger partial charge on any atom is 0.284 e. The van der Waals surface area contributed by atoms with Crippen LogP contribution in [0.4, 0.5) is 5.69 Å². The van der Waals surface area contributed by atoms with Crippen molar-refractivity contribution in [3.63, 3.8) is 0 Å². The fourth-order valence-electron chi connectivity index (χ4n) is 4.93. The lowest BCUT2D eigenvalue weighted by molar-refractivity contribution is 0.102. The lowest BCUT2D eigenvalue weighted by Gasteiger charge is -2.18. The first-order valence-corrected chi connectivity index (χ1v) is 14.8. The number of benzene rings is 1. The normalized spacial score (nSPS) is 15.2. The van der Waals surface area contributed by atoms with Gasteiger partial charge < -0.3 is 25.6 Å². The minimum atomic E-state index is -0.304. The van der Waals surface area contributed by atoms with Gasteiger partial charge in [0.2, 0.25) is 5.88 Å². The summed E-state index contributed by atoms with van der Waals surface area (Å²) in [5.74, 6) is 0.208. The summed E-state index contributed by atoms with van der Waals surface area (Å²) in [5, 5.41) is 25.6. The first-order valence-electron chi connectivity index (χ1n) is 13.6. The first kappa shape index (κ1) is 30.0. The van der Waals surface area contributed by atoms with Crippen LogP contribution in [-0.2, 0) is 13.1 Å². The van der Waals surface area contributed by atoms with Crippen LogP contribution in [0, 0.1) is 6.92 Å². The molecule has 1 amide bonds. The smallest absolute Gasteiger partial charge is 0.284 e. The van der Waals surface area contributed by atoms with Crippen LogP contribution in [0.2, 0.25) is 5.02 Å². The molecule has 1 saturated heterocycles. The largest absolute Gasteiger partial charge is 0.481 e. The Morgan fingerprint density at radius 1 is 1.21 bits per heavy atom. The zero-order valence-electron chi connectivity index (χ0n) is 23.4. The summed E-state index contributed by atoms with van der Waals surface area (Å²) in [6.07, 6.45) is 3.83. The number of likely N-dealkylation sites (tertiary alicyclic amines) is 1. The molecule has 1 fully saturated rings. The van der Waals surface area contributed by atoms with Crippen LogP contribution in [0.15, 0.2) is 48.8 Å². The molecule has 3 aromatic heterocycles. The zero-order valence-corrected chi connectivity index (χ0v) is 25.0. The molecule has 0 radical (unpaired) electrons. The van der Waals surface area contributed by atoms with Crippen LogP contribution in [-0.4, -0.2) is 75.4 Å². The fourth-order valence-corrected chi connectivity index (χ4v) is 6.02. The highest BCUT2D eigenvalue weighted by atomic mass is 35.5. The summed E-state index contributed by atoms with van der Waals surface area (Å²) < 4.78 is 5.62. The molecular formula is C30H33ClN6O4S. The number of rotatable bonds is 11. The number of ether oxygens (including phenoxy) is 1. The average molecular weight is 609 g/mol. The highest BCUT2D eigenvalue weighted by molar-refractivity contribution is 7.13. The third-order valence-electron chi connectivity index (χ3n) is 7.11. The van der Waals surface area contributed by atoms with Gasteiger partial charge in [-0.25, -0.2) is 9.97 Å². The number of pyridine rings is 2. The van der Waals surface area contributed by atoms with E-state index in [1.807, 2.05) is 43.3 Å². The van der Waals surface area contributed by atoms with Crippen molar-refractivity contribution in [2.24, 2.45) is 0 Å². The van der Waals surface area contributed by atoms with Crippen molar-refractivity contribution in [2.75, 3.05) is 38.7 Å². The molecule has 0 saturated carbocycles. The Morgan fingerprint density at radius 2 is 2.07 bits per heavy atom. The van der Waals surface area contributed by atoms with E-state index in [9.17, 15) is 9.90 Å². The number of aliphatic hydroxyl groups excluding tert-OH is 2. The molecule has 10 nitrogen and oxygen atoms in total. The molecular weight excluding hydrogens is 576 g/mol. The second-order valence-electron chi connectivity index (χ2n) is 10.0. The molecule has 42 heavy (non-hydrogen) atoms. The molecule has 1 atom stereocenters. The predicted octanol–water partition coefficient (Wildman–Crippen LogP) is 4.14. The van der Waals surface area contributed by atoms with Crippen molar-refractivity contribution in [1.82, 2.24) is 25.2 Å². The standard InChI is InChI=1S/C30H33ClN6O4S/c1-18-22(4-3-5-24(18)35-28(40)30-34-15-21(42-30)14-32-11-13-38)27-26(31)23(8-10-33-27)25-7-6-19(29(36-25)41-2)16-37-12-9-20(39)17-37/h3-8,10,15,20,32,38-39H,9,11-14,16-17H2,1-2H3,(H,35,40)/t20-/m0/s1. The number of thiazole rings is 1. The molecule has 0 unspecified atom stereocenters. The molecule has 5 rings (SSSR count). The highest BCUT2D eigenvalue weighted by Crippen LogP contribution is 2.38. The Balaban J connectivity index is 1.37. The van der Waals surface area contributed by atoms with E-state index in [0.29, 0.717) is 64.7 Å². The van der Waals surface area contributed by atoms with E-state index in [2.05, 4.69) is 25.5 Å². The predicted molar refractivity (Wildman–Crippen MR) is 164 cm³/mol. The average Bonchev–Trinajstić information content (AvgIpc) is 3.64. The van der Waals surface area contributed by atoms with Crippen LogP contribution in [0.25, 0.3) is 22.5 Å². The quantitative estimate of drug-likeness (QED) is 0.185. The molecule has 0 spiro atoms. The number of carbonyl (C=O) groups is 1. The number of β-amino-alcohol motifs (C(OH)–C–C–N with tert-alkyl or cyclic N) is 1. The summed E-state index contributed by atoms with van der Waals surface area (Å²) in [5.41, 5.74) is 5.10. The number of carbonyl (C=O) groups excluding carboxylic acids is 1. The van der Waals surface area contributed by atoms with E-state index < -0.39 is 0 Å². The molecule has 4 N–H and O–H groups in total. The Kier molecular flexibility index (Phi) is 9.78. The molecule has 0 aliphatic carbocycles. The van der Waals surface area contributed by atoms with E-state index in [0.717, 1.165) is 34.5 Å². The maximum atomic E-state index is 13.0. The van der Waals surface area contributed by atoms with E-state index in [1.54, 1.807) is 19.5 Å². The number of anilines is 1. The zero-order chi connectivity index (χ0) is 29.6. The third kappa shape index (κ3) is 6.78. The van der Waals surface area contributed by atoms with Gasteiger partial charge in [-0.3, -0.25) is 14.7 Å². The number of aromatic nitrogens is 3. The van der Waals surface area contributed by atoms with Gasteiger partial charge in [-0.1, -0.05) is 29.8 Å². The van der Waals surface area contributed by atoms with Crippen LogP contribution in [0.3, 0.4) is 0 Å². The number of amides is 1. The van der Waals surface area contributed by atoms with Gasteiger partial charge in [0.25, 0.3) is 5.91 Å². The highest BCUT2D eigenvalue weighted by Gasteiger charge is 2.23. The van der Waals surface area contributed by atoms with Gasteiger partial charge in [0, 0.05) is 72.4 Å². The Hall–Kier alpha value is -3.45. The monoisotopic (exact) mass is 608 g/mol.